The Bertz CT molecular complexity index is 756. The summed E-state index contributed by atoms with van der Waals surface area (Å²) < 4.78 is 5.39. The van der Waals surface area contributed by atoms with Crippen molar-refractivity contribution in [3.63, 3.8) is 0 Å². The zero-order valence-corrected chi connectivity index (χ0v) is 19.6. The van der Waals surface area contributed by atoms with Gasteiger partial charge in [0.2, 0.25) is 0 Å². The second-order valence-corrected chi connectivity index (χ2v) is 7.48. The molecule has 1 aliphatic rings. The molecular weight excluding hydrogens is 465 g/mol. The summed E-state index contributed by atoms with van der Waals surface area (Å²) in [5, 5.41) is 11.0. The third-order valence-corrected chi connectivity index (χ3v) is 4.83. The molecule has 1 aliphatic heterocycles. The Morgan fingerprint density at radius 3 is 2.71 bits per heavy atom. The lowest BCUT2D eigenvalue weighted by Gasteiger charge is -2.20. The van der Waals surface area contributed by atoms with Gasteiger partial charge in [-0.05, 0) is 38.3 Å². The minimum atomic E-state index is 0. The van der Waals surface area contributed by atoms with Crippen LogP contribution in [0, 0.1) is 6.92 Å². The van der Waals surface area contributed by atoms with Crippen molar-refractivity contribution in [1.82, 2.24) is 15.8 Å². The monoisotopic (exact) mass is 497 g/mol. The van der Waals surface area contributed by atoms with E-state index in [0.717, 1.165) is 43.5 Å². The number of hydrogen-bond acceptors (Lipinski definition) is 4. The maximum Gasteiger partial charge on any atom is 0.191 e. The van der Waals surface area contributed by atoms with Crippen LogP contribution >= 0.6 is 24.0 Å². The SMILES string of the molecule is CCNC(=NCc1cc(C(C)C)no1)NC1CCN(c2ccc(C)cc2)C1.I. The second kappa shape index (κ2) is 10.7. The highest BCUT2D eigenvalue weighted by atomic mass is 127. The average Bonchev–Trinajstić information content (AvgIpc) is 3.30. The molecular formula is C21H32IN5O. The summed E-state index contributed by atoms with van der Waals surface area (Å²) in [6.07, 6.45) is 1.10. The van der Waals surface area contributed by atoms with Gasteiger partial charge in [-0.2, -0.15) is 0 Å². The zero-order chi connectivity index (χ0) is 19.2. The van der Waals surface area contributed by atoms with E-state index in [0.29, 0.717) is 18.5 Å². The lowest BCUT2D eigenvalue weighted by atomic mass is 10.1. The molecule has 7 heteroatoms. The first-order valence-electron chi connectivity index (χ1n) is 9.87. The lowest BCUT2D eigenvalue weighted by molar-refractivity contribution is 0.376. The van der Waals surface area contributed by atoms with E-state index >= 15 is 0 Å². The van der Waals surface area contributed by atoms with Crippen molar-refractivity contribution >= 4 is 35.6 Å². The molecule has 0 aliphatic carbocycles. The number of guanidine groups is 1. The highest BCUT2D eigenvalue weighted by Crippen LogP contribution is 2.21. The molecule has 0 amide bonds. The van der Waals surface area contributed by atoms with Crippen LogP contribution < -0.4 is 15.5 Å². The number of halogens is 1. The maximum atomic E-state index is 5.39. The lowest BCUT2D eigenvalue weighted by Crippen LogP contribution is -2.44. The molecule has 0 saturated carbocycles. The van der Waals surface area contributed by atoms with Crippen molar-refractivity contribution in [2.45, 2.75) is 52.6 Å². The fourth-order valence-electron chi connectivity index (χ4n) is 3.21. The number of benzene rings is 1. The molecule has 3 rings (SSSR count). The summed E-state index contributed by atoms with van der Waals surface area (Å²) >= 11 is 0. The van der Waals surface area contributed by atoms with Gasteiger partial charge in [0.05, 0.1) is 5.69 Å². The van der Waals surface area contributed by atoms with Gasteiger partial charge in [-0.3, -0.25) is 0 Å². The first-order chi connectivity index (χ1) is 13.0. The molecule has 1 aromatic carbocycles. The number of nitrogens with one attached hydrogen (secondary N) is 2. The maximum absolute atomic E-state index is 5.39. The van der Waals surface area contributed by atoms with Crippen molar-refractivity contribution in [2.24, 2.45) is 4.99 Å². The number of nitrogens with zero attached hydrogens (tertiary/aromatic N) is 3. The van der Waals surface area contributed by atoms with Crippen molar-refractivity contribution in [1.29, 1.82) is 0 Å². The van der Waals surface area contributed by atoms with Gasteiger partial charge >= 0.3 is 0 Å². The number of hydrogen-bond donors (Lipinski definition) is 2. The van der Waals surface area contributed by atoms with Crippen LogP contribution in [0.4, 0.5) is 5.69 Å². The summed E-state index contributed by atoms with van der Waals surface area (Å²) in [6.45, 7) is 11.8. The van der Waals surface area contributed by atoms with Gasteiger partial charge < -0.3 is 20.1 Å². The Morgan fingerprint density at radius 1 is 1.32 bits per heavy atom. The van der Waals surface area contributed by atoms with Gasteiger partial charge in [-0.1, -0.05) is 36.7 Å². The van der Waals surface area contributed by atoms with Crippen LogP contribution in [-0.2, 0) is 6.54 Å². The molecule has 2 aromatic rings. The van der Waals surface area contributed by atoms with E-state index in [1.165, 1.54) is 11.3 Å². The summed E-state index contributed by atoms with van der Waals surface area (Å²) in [5.41, 5.74) is 3.56. The molecule has 1 saturated heterocycles. The molecule has 2 N–H and O–H groups in total. The fraction of sp³-hybridized carbons (Fsp3) is 0.524. The molecule has 28 heavy (non-hydrogen) atoms. The van der Waals surface area contributed by atoms with Crippen molar-refractivity contribution in [3.05, 3.63) is 47.3 Å². The summed E-state index contributed by atoms with van der Waals surface area (Å²) in [6, 6.07) is 11.1. The molecule has 1 unspecified atom stereocenters. The highest BCUT2D eigenvalue weighted by Gasteiger charge is 2.23. The Hall–Kier alpha value is -1.77. The van der Waals surface area contributed by atoms with E-state index in [-0.39, 0.29) is 24.0 Å². The van der Waals surface area contributed by atoms with Crippen LogP contribution in [0.3, 0.4) is 0 Å². The van der Waals surface area contributed by atoms with Crippen LogP contribution in [-0.4, -0.2) is 36.8 Å². The van der Waals surface area contributed by atoms with Crippen molar-refractivity contribution in [3.8, 4) is 0 Å². The molecule has 1 aromatic heterocycles. The Morgan fingerprint density at radius 2 is 2.07 bits per heavy atom. The van der Waals surface area contributed by atoms with E-state index in [4.69, 9.17) is 4.52 Å². The molecule has 6 nitrogen and oxygen atoms in total. The topological polar surface area (TPSA) is 65.7 Å². The standard InChI is InChI=1S/C21H31N5O.HI/c1-5-22-21(23-13-19-12-20(15(2)3)25-27-19)24-17-10-11-26(14-17)18-8-6-16(4)7-9-18;/h6-9,12,15,17H,5,10-11,13-14H2,1-4H3,(H2,22,23,24);1H. The number of aryl methyl sites for hydroxylation is 1. The molecule has 1 atom stereocenters. The van der Waals surface area contributed by atoms with E-state index < -0.39 is 0 Å². The van der Waals surface area contributed by atoms with Crippen LogP contribution in [0.1, 0.15) is 50.1 Å². The summed E-state index contributed by atoms with van der Waals surface area (Å²) in [7, 11) is 0. The molecule has 0 radical (unpaired) electrons. The van der Waals surface area contributed by atoms with Gasteiger partial charge in [0.25, 0.3) is 0 Å². The Kier molecular flexibility index (Phi) is 8.59. The first-order valence-corrected chi connectivity index (χ1v) is 9.87. The normalized spacial score (nSPS) is 17.0. The van der Waals surface area contributed by atoms with Gasteiger partial charge in [0.1, 0.15) is 6.54 Å². The first kappa shape index (κ1) is 22.5. The van der Waals surface area contributed by atoms with Gasteiger partial charge in [-0.25, -0.2) is 4.99 Å². The number of aliphatic imine (C=N–C) groups is 1. The third-order valence-electron chi connectivity index (χ3n) is 4.83. The number of aromatic nitrogens is 1. The van der Waals surface area contributed by atoms with Crippen LogP contribution in [0.25, 0.3) is 0 Å². The van der Waals surface area contributed by atoms with E-state index in [1.54, 1.807) is 0 Å². The van der Waals surface area contributed by atoms with Crippen LogP contribution in [0.15, 0.2) is 39.8 Å². The second-order valence-electron chi connectivity index (χ2n) is 7.48. The van der Waals surface area contributed by atoms with Crippen molar-refractivity contribution < 1.29 is 4.52 Å². The van der Waals surface area contributed by atoms with E-state index in [9.17, 15) is 0 Å². The summed E-state index contributed by atoms with van der Waals surface area (Å²) in [4.78, 5) is 7.09. The quantitative estimate of drug-likeness (QED) is 0.358. The largest absolute Gasteiger partial charge is 0.369 e. The fourth-order valence-corrected chi connectivity index (χ4v) is 3.21. The highest BCUT2D eigenvalue weighted by molar-refractivity contribution is 14.0. The predicted molar refractivity (Wildman–Crippen MR) is 126 cm³/mol. The van der Waals surface area contributed by atoms with Crippen LogP contribution in [0.2, 0.25) is 0 Å². The van der Waals surface area contributed by atoms with Gasteiger partial charge in [0, 0.05) is 37.4 Å². The number of rotatable bonds is 6. The molecule has 154 valence electrons. The van der Waals surface area contributed by atoms with E-state index in [2.05, 4.69) is 77.6 Å². The molecule has 2 heterocycles. The van der Waals surface area contributed by atoms with Crippen molar-refractivity contribution in [2.75, 3.05) is 24.5 Å². The predicted octanol–water partition coefficient (Wildman–Crippen LogP) is 4.06. The minimum Gasteiger partial charge on any atom is -0.369 e. The number of anilines is 1. The third kappa shape index (κ3) is 6.12. The minimum absolute atomic E-state index is 0. The van der Waals surface area contributed by atoms with Gasteiger partial charge in [-0.15, -0.1) is 24.0 Å². The smallest absolute Gasteiger partial charge is 0.191 e. The summed E-state index contributed by atoms with van der Waals surface area (Å²) in [5.74, 6) is 1.99. The molecule has 0 bridgehead atoms. The Labute approximate surface area is 185 Å². The van der Waals surface area contributed by atoms with E-state index in [1.807, 2.05) is 6.07 Å². The zero-order valence-electron chi connectivity index (χ0n) is 17.2. The molecule has 1 fully saturated rings. The average molecular weight is 497 g/mol. The Balaban J connectivity index is 0.00000280. The molecule has 0 spiro atoms. The van der Waals surface area contributed by atoms with Gasteiger partial charge in [0.15, 0.2) is 11.7 Å². The van der Waals surface area contributed by atoms with Crippen LogP contribution in [0.5, 0.6) is 0 Å².